The van der Waals surface area contributed by atoms with Crippen LogP contribution in [-0.4, -0.2) is 19.3 Å². The van der Waals surface area contributed by atoms with Crippen molar-refractivity contribution in [2.24, 2.45) is 0 Å². The van der Waals surface area contributed by atoms with Crippen molar-refractivity contribution < 1.29 is 13.9 Å². The van der Waals surface area contributed by atoms with E-state index < -0.39 is 0 Å². The summed E-state index contributed by atoms with van der Waals surface area (Å²) in [4.78, 5) is 0. The van der Waals surface area contributed by atoms with Crippen molar-refractivity contribution >= 4 is 11.8 Å². The Morgan fingerprint density at radius 1 is 1.67 bits per heavy atom. The first-order chi connectivity index (χ1) is 5.83. The van der Waals surface area contributed by atoms with Crippen LogP contribution in [0.3, 0.4) is 0 Å². The zero-order valence-corrected chi connectivity index (χ0v) is 7.97. The van der Waals surface area contributed by atoms with E-state index in [1.165, 1.54) is 11.8 Å². The molecule has 0 aliphatic heterocycles. The third-order valence-corrected chi connectivity index (χ3v) is 2.10. The molecule has 0 aliphatic carbocycles. The SMILES string of the molecule is COC(C)OCSc1ccco1. The van der Waals surface area contributed by atoms with E-state index in [1.54, 1.807) is 13.4 Å². The van der Waals surface area contributed by atoms with E-state index >= 15 is 0 Å². The summed E-state index contributed by atoms with van der Waals surface area (Å²) >= 11 is 1.50. The van der Waals surface area contributed by atoms with Gasteiger partial charge in [0, 0.05) is 7.11 Å². The number of rotatable bonds is 5. The fraction of sp³-hybridized carbons (Fsp3) is 0.500. The average Bonchev–Trinajstić information content (AvgIpc) is 2.57. The molecule has 4 heteroatoms. The molecule has 1 atom stereocenters. The maximum Gasteiger partial charge on any atom is 0.162 e. The number of hydrogen-bond acceptors (Lipinski definition) is 4. The van der Waals surface area contributed by atoms with Gasteiger partial charge in [-0.3, -0.25) is 0 Å². The van der Waals surface area contributed by atoms with Gasteiger partial charge >= 0.3 is 0 Å². The van der Waals surface area contributed by atoms with Crippen molar-refractivity contribution in [1.82, 2.24) is 0 Å². The third-order valence-electron chi connectivity index (χ3n) is 1.33. The number of ether oxygens (including phenoxy) is 2. The molecule has 0 fully saturated rings. The highest BCUT2D eigenvalue weighted by Gasteiger charge is 2.00. The van der Waals surface area contributed by atoms with Gasteiger partial charge in [-0.25, -0.2) is 0 Å². The Labute approximate surface area is 76.0 Å². The number of methoxy groups -OCH3 is 1. The summed E-state index contributed by atoms with van der Waals surface area (Å²) in [5, 5.41) is 0.860. The van der Waals surface area contributed by atoms with Crippen LogP contribution in [0.1, 0.15) is 6.92 Å². The molecule has 1 aromatic rings. The first-order valence-electron chi connectivity index (χ1n) is 3.63. The Hall–Kier alpha value is -0.450. The maximum absolute atomic E-state index is 5.25. The molecule has 68 valence electrons. The minimum Gasteiger partial charge on any atom is -0.458 e. The molecule has 0 aromatic carbocycles. The molecule has 12 heavy (non-hydrogen) atoms. The van der Waals surface area contributed by atoms with E-state index in [0.717, 1.165) is 5.09 Å². The van der Waals surface area contributed by atoms with Crippen LogP contribution in [0, 0.1) is 0 Å². The number of furan rings is 1. The van der Waals surface area contributed by atoms with Crippen molar-refractivity contribution in [2.75, 3.05) is 13.0 Å². The molecular weight excluding hydrogens is 176 g/mol. The zero-order chi connectivity index (χ0) is 8.81. The Kier molecular flexibility index (Phi) is 4.21. The molecule has 1 aromatic heterocycles. The molecule has 3 nitrogen and oxygen atoms in total. The van der Waals surface area contributed by atoms with Crippen LogP contribution in [0.25, 0.3) is 0 Å². The monoisotopic (exact) mass is 188 g/mol. The van der Waals surface area contributed by atoms with Gasteiger partial charge in [0.2, 0.25) is 0 Å². The van der Waals surface area contributed by atoms with Crippen LogP contribution in [0.2, 0.25) is 0 Å². The highest BCUT2D eigenvalue weighted by atomic mass is 32.2. The molecule has 1 unspecified atom stereocenters. The Balaban J connectivity index is 2.11. The summed E-state index contributed by atoms with van der Waals surface area (Å²) in [7, 11) is 1.61. The quantitative estimate of drug-likeness (QED) is 0.524. The van der Waals surface area contributed by atoms with Crippen molar-refractivity contribution in [3.8, 4) is 0 Å². The van der Waals surface area contributed by atoms with Crippen LogP contribution in [-0.2, 0) is 9.47 Å². The molecule has 0 saturated heterocycles. The molecule has 0 radical (unpaired) electrons. The summed E-state index contributed by atoms with van der Waals surface area (Å²) in [5.74, 6) is 0.544. The lowest BCUT2D eigenvalue weighted by Crippen LogP contribution is -2.09. The van der Waals surface area contributed by atoms with Crippen LogP contribution in [0.5, 0.6) is 0 Å². The van der Waals surface area contributed by atoms with Gasteiger partial charge in [0.25, 0.3) is 0 Å². The van der Waals surface area contributed by atoms with Crippen molar-refractivity contribution in [2.45, 2.75) is 18.3 Å². The highest BCUT2D eigenvalue weighted by Crippen LogP contribution is 2.18. The van der Waals surface area contributed by atoms with E-state index in [-0.39, 0.29) is 6.29 Å². The van der Waals surface area contributed by atoms with E-state index in [9.17, 15) is 0 Å². The lowest BCUT2D eigenvalue weighted by molar-refractivity contribution is -0.0938. The Morgan fingerprint density at radius 3 is 3.08 bits per heavy atom. The van der Waals surface area contributed by atoms with E-state index in [4.69, 9.17) is 13.9 Å². The van der Waals surface area contributed by atoms with Gasteiger partial charge in [-0.05, 0) is 19.1 Å². The van der Waals surface area contributed by atoms with Gasteiger partial charge < -0.3 is 13.9 Å². The minimum absolute atomic E-state index is 0.160. The zero-order valence-electron chi connectivity index (χ0n) is 7.15. The first-order valence-corrected chi connectivity index (χ1v) is 4.62. The van der Waals surface area contributed by atoms with Crippen molar-refractivity contribution in [1.29, 1.82) is 0 Å². The lowest BCUT2D eigenvalue weighted by atomic mass is 10.7. The lowest BCUT2D eigenvalue weighted by Gasteiger charge is -2.08. The fourth-order valence-corrected chi connectivity index (χ4v) is 1.28. The van der Waals surface area contributed by atoms with Gasteiger partial charge in [0.1, 0.15) is 5.94 Å². The van der Waals surface area contributed by atoms with Gasteiger partial charge in [-0.2, -0.15) is 0 Å². The van der Waals surface area contributed by atoms with Crippen LogP contribution >= 0.6 is 11.8 Å². The molecule has 0 saturated carbocycles. The Morgan fingerprint density at radius 2 is 2.50 bits per heavy atom. The predicted molar refractivity (Wildman–Crippen MR) is 47.0 cm³/mol. The topological polar surface area (TPSA) is 31.6 Å². The molecular formula is C8H12O3S. The number of thioether (sulfide) groups is 1. The van der Waals surface area contributed by atoms with E-state index in [0.29, 0.717) is 5.94 Å². The summed E-state index contributed by atoms with van der Waals surface area (Å²) in [6.07, 6.45) is 1.48. The largest absolute Gasteiger partial charge is 0.458 e. The molecule has 0 amide bonds. The average molecular weight is 188 g/mol. The molecule has 0 spiro atoms. The van der Waals surface area contributed by atoms with Crippen LogP contribution in [0.4, 0.5) is 0 Å². The van der Waals surface area contributed by atoms with E-state index in [1.807, 2.05) is 19.1 Å². The van der Waals surface area contributed by atoms with Gasteiger partial charge in [0.15, 0.2) is 11.4 Å². The maximum atomic E-state index is 5.25. The third kappa shape index (κ3) is 3.30. The summed E-state index contributed by atoms with van der Waals surface area (Å²) in [5.41, 5.74) is 0. The minimum atomic E-state index is -0.160. The molecule has 0 bridgehead atoms. The van der Waals surface area contributed by atoms with E-state index in [2.05, 4.69) is 0 Å². The normalized spacial score (nSPS) is 13.2. The van der Waals surface area contributed by atoms with Crippen LogP contribution < -0.4 is 0 Å². The Bertz CT molecular complexity index is 198. The number of hydrogen-bond donors (Lipinski definition) is 0. The van der Waals surface area contributed by atoms with Crippen LogP contribution in [0.15, 0.2) is 27.9 Å². The second-order valence-electron chi connectivity index (χ2n) is 2.16. The summed E-state index contributed by atoms with van der Waals surface area (Å²) in [6.45, 7) is 1.85. The first kappa shape index (κ1) is 9.64. The summed E-state index contributed by atoms with van der Waals surface area (Å²) < 4.78 is 15.2. The fourth-order valence-electron chi connectivity index (χ4n) is 0.602. The molecule has 1 rings (SSSR count). The van der Waals surface area contributed by atoms with Gasteiger partial charge in [-0.15, -0.1) is 0 Å². The van der Waals surface area contributed by atoms with Crippen molar-refractivity contribution in [3.63, 3.8) is 0 Å². The summed E-state index contributed by atoms with van der Waals surface area (Å²) in [6, 6.07) is 3.74. The van der Waals surface area contributed by atoms with Gasteiger partial charge in [0.05, 0.1) is 6.26 Å². The van der Waals surface area contributed by atoms with Crippen molar-refractivity contribution in [3.05, 3.63) is 18.4 Å². The molecule has 0 aliphatic rings. The second-order valence-corrected chi connectivity index (χ2v) is 3.09. The smallest absolute Gasteiger partial charge is 0.162 e. The standard InChI is InChI=1S/C8H12O3S/c1-7(9-2)11-6-12-8-4-3-5-10-8/h3-5,7H,6H2,1-2H3. The predicted octanol–water partition coefficient (Wildman–Crippen LogP) is 2.34. The second kappa shape index (κ2) is 5.24. The van der Waals surface area contributed by atoms with Gasteiger partial charge in [-0.1, -0.05) is 11.8 Å². The molecule has 1 heterocycles. The molecule has 0 N–H and O–H groups in total. The highest BCUT2D eigenvalue weighted by molar-refractivity contribution is 7.99.